The lowest BCUT2D eigenvalue weighted by atomic mass is 10.1. The zero-order valence-electron chi connectivity index (χ0n) is 18.3. The van der Waals surface area contributed by atoms with E-state index in [0.29, 0.717) is 48.6 Å². The topological polar surface area (TPSA) is 124 Å². The van der Waals surface area contributed by atoms with Crippen LogP contribution in [0.4, 0.5) is 10.2 Å². The summed E-state index contributed by atoms with van der Waals surface area (Å²) < 4.78 is 22.5. The number of aryl methyl sites for hydroxylation is 1. The first-order valence-corrected chi connectivity index (χ1v) is 12.0. The molecule has 10 nitrogen and oxygen atoms in total. The number of hydrogen-bond donors (Lipinski definition) is 2. The van der Waals surface area contributed by atoms with Crippen molar-refractivity contribution >= 4 is 34.4 Å². The molecule has 178 valence electrons. The van der Waals surface area contributed by atoms with Crippen molar-refractivity contribution in [3.63, 3.8) is 0 Å². The highest BCUT2D eigenvalue weighted by atomic mass is 32.2. The van der Waals surface area contributed by atoms with Gasteiger partial charge in [-0.15, -0.1) is 21.5 Å². The molecule has 0 saturated carbocycles. The average molecular weight is 495 g/mol. The van der Waals surface area contributed by atoms with Gasteiger partial charge in [-0.2, -0.15) is 0 Å². The number of aromatic nitrogens is 4. The number of pyridine rings is 2. The quantitative estimate of drug-likeness (QED) is 0.390. The van der Waals surface area contributed by atoms with Crippen LogP contribution in [0.1, 0.15) is 23.9 Å². The molecule has 1 amide bonds. The van der Waals surface area contributed by atoms with E-state index in [0.717, 1.165) is 15.0 Å². The third kappa shape index (κ3) is 3.84. The number of thioether (sulfide) groups is 1. The summed E-state index contributed by atoms with van der Waals surface area (Å²) in [6.07, 6.45) is 0.947. The van der Waals surface area contributed by atoms with Crippen LogP contribution in [0.3, 0.4) is 0 Å². The van der Waals surface area contributed by atoms with Crippen LogP contribution in [0.5, 0.6) is 0 Å². The van der Waals surface area contributed by atoms with E-state index in [2.05, 4.69) is 20.7 Å². The van der Waals surface area contributed by atoms with Gasteiger partial charge in [0.25, 0.3) is 5.56 Å². The van der Waals surface area contributed by atoms with E-state index in [1.165, 1.54) is 23.9 Å². The second-order valence-electron chi connectivity index (χ2n) is 8.32. The monoisotopic (exact) mass is 494 g/mol. The number of anilines is 1. The number of hydrogen-bond acceptors (Lipinski definition) is 8. The molecule has 1 atom stereocenters. The number of fused-ring (bicyclic) bond motifs is 1. The molecule has 3 aromatic heterocycles. The zero-order valence-corrected chi connectivity index (χ0v) is 19.1. The summed E-state index contributed by atoms with van der Waals surface area (Å²) in [7, 11) is 0. The summed E-state index contributed by atoms with van der Waals surface area (Å²) >= 11 is 1.38. The first-order valence-electron chi connectivity index (χ1n) is 11.1. The van der Waals surface area contributed by atoms with E-state index in [1.807, 2.05) is 0 Å². The van der Waals surface area contributed by atoms with Gasteiger partial charge in [0.1, 0.15) is 11.6 Å². The summed E-state index contributed by atoms with van der Waals surface area (Å²) in [4.78, 5) is 41.3. The van der Waals surface area contributed by atoms with E-state index in [4.69, 9.17) is 4.42 Å². The second kappa shape index (κ2) is 8.47. The first kappa shape index (κ1) is 21.7. The second-order valence-corrected chi connectivity index (χ2v) is 9.34. The summed E-state index contributed by atoms with van der Waals surface area (Å²) in [6, 6.07) is 9.40. The molecule has 1 aromatic carbocycles. The van der Waals surface area contributed by atoms with Crippen LogP contribution in [0.15, 0.2) is 55.3 Å². The molecule has 6 rings (SSSR count). The fraction of sp³-hybridized carbons (Fsp3) is 0.261. The summed E-state index contributed by atoms with van der Waals surface area (Å²) in [5.41, 5.74) is 0.974. The fourth-order valence-corrected chi connectivity index (χ4v) is 5.26. The summed E-state index contributed by atoms with van der Waals surface area (Å²) in [6.45, 7) is 0.856. The Bertz CT molecular complexity index is 1610. The Labute approximate surface area is 201 Å². The van der Waals surface area contributed by atoms with Gasteiger partial charge in [-0.25, -0.2) is 14.2 Å². The van der Waals surface area contributed by atoms with Crippen molar-refractivity contribution in [1.82, 2.24) is 24.6 Å². The van der Waals surface area contributed by atoms with Gasteiger partial charge in [0.05, 0.1) is 22.2 Å². The van der Waals surface area contributed by atoms with Gasteiger partial charge >= 0.3 is 5.76 Å². The number of nitrogens with zero attached hydrogens (tertiary/aromatic N) is 4. The third-order valence-corrected chi connectivity index (χ3v) is 7.12. The maximum Gasteiger partial charge on any atom is 0.443 e. The number of carbonyl (C=O) groups is 1. The molecule has 0 unspecified atom stereocenters. The van der Waals surface area contributed by atoms with Gasteiger partial charge in [-0.3, -0.25) is 9.59 Å². The zero-order chi connectivity index (χ0) is 24.1. The Kier molecular flexibility index (Phi) is 5.26. The number of carbonyl (C=O) groups excluding carboxylic acids is 1. The normalized spacial score (nSPS) is 16.5. The van der Waals surface area contributed by atoms with Crippen LogP contribution in [-0.2, 0) is 17.8 Å². The highest BCUT2D eigenvalue weighted by Crippen LogP contribution is 2.33. The van der Waals surface area contributed by atoms with Crippen molar-refractivity contribution in [3.05, 3.63) is 74.6 Å². The standard InChI is InChI=1S/C23H19FN6O4S/c24-13-5-3-12-4-8-19(32)29-10-14(20(13)21(12)29)25-9-1-2-18-28-30(23(33)34-18)16-7-6-15-22(26-16)27-17(31)11-35-15/h3-8,14,25H,1-2,9-11H2,(H,26,27,31)/t14-/m0/s1. The molecular weight excluding hydrogens is 475 g/mol. The lowest BCUT2D eigenvalue weighted by Gasteiger charge is -2.15. The number of halogens is 1. The summed E-state index contributed by atoms with van der Waals surface area (Å²) in [5, 5.41) is 11.0. The maximum atomic E-state index is 14.6. The van der Waals surface area contributed by atoms with Crippen LogP contribution < -0.4 is 21.9 Å². The Morgan fingerprint density at radius 3 is 2.91 bits per heavy atom. The number of benzene rings is 1. The number of amides is 1. The van der Waals surface area contributed by atoms with Crippen molar-refractivity contribution in [3.8, 4) is 5.82 Å². The average Bonchev–Trinajstić information content (AvgIpc) is 3.42. The van der Waals surface area contributed by atoms with Gasteiger partial charge in [-0.05, 0) is 48.7 Å². The Morgan fingerprint density at radius 1 is 1.17 bits per heavy atom. The van der Waals surface area contributed by atoms with Crippen molar-refractivity contribution in [2.24, 2.45) is 0 Å². The van der Waals surface area contributed by atoms with E-state index in [-0.39, 0.29) is 35.0 Å². The molecule has 5 heterocycles. The maximum absolute atomic E-state index is 14.6. The smallest absolute Gasteiger partial charge is 0.392 e. The third-order valence-electron chi connectivity index (χ3n) is 6.07. The Hall–Kier alpha value is -3.77. The molecule has 0 radical (unpaired) electrons. The van der Waals surface area contributed by atoms with Crippen LogP contribution >= 0.6 is 11.8 Å². The van der Waals surface area contributed by atoms with Crippen molar-refractivity contribution in [2.75, 3.05) is 17.6 Å². The fourth-order valence-electron chi connectivity index (χ4n) is 4.50. The van der Waals surface area contributed by atoms with E-state index in [9.17, 15) is 18.8 Å². The van der Waals surface area contributed by atoms with Gasteiger partial charge in [-0.1, -0.05) is 0 Å². The first-order chi connectivity index (χ1) is 17.0. The molecule has 2 aliphatic heterocycles. The minimum absolute atomic E-state index is 0.154. The lowest BCUT2D eigenvalue weighted by molar-refractivity contribution is -0.113. The van der Waals surface area contributed by atoms with Crippen LogP contribution in [0.2, 0.25) is 0 Å². The van der Waals surface area contributed by atoms with Crippen LogP contribution in [0.25, 0.3) is 16.7 Å². The Morgan fingerprint density at radius 2 is 2.03 bits per heavy atom. The minimum Gasteiger partial charge on any atom is -0.392 e. The molecule has 0 saturated heterocycles. The molecule has 0 bridgehead atoms. The van der Waals surface area contributed by atoms with Crippen molar-refractivity contribution < 1.29 is 13.6 Å². The van der Waals surface area contributed by atoms with Crippen molar-refractivity contribution in [1.29, 1.82) is 0 Å². The molecule has 0 aliphatic carbocycles. The molecule has 0 spiro atoms. The van der Waals surface area contributed by atoms with Gasteiger partial charge in [0, 0.05) is 24.6 Å². The van der Waals surface area contributed by atoms with Gasteiger partial charge in [0.15, 0.2) is 5.82 Å². The largest absolute Gasteiger partial charge is 0.443 e. The van der Waals surface area contributed by atoms with Crippen LogP contribution in [0, 0.1) is 5.82 Å². The summed E-state index contributed by atoms with van der Waals surface area (Å²) in [5.74, 6) is 0.0406. The molecular formula is C23H19FN6O4S. The molecule has 12 heteroatoms. The van der Waals surface area contributed by atoms with Gasteiger partial charge in [0.2, 0.25) is 11.8 Å². The predicted molar refractivity (Wildman–Crippen MR) is 126 cm³/mol. The van der Waals surface area contributed by atoms with Crippen LogP contribution in [-0.4, -0.2) is 37.5 Å². The lowest BCUT2D eigenvalue weighted by Crippen LogP contribution is -2.26. The number of nitrogens with one attached hydrogen (secondary N) is 2. The van der Waals surface area contributed by atoms with E-state index < -0.39 is 5.76 Å². The molecule has 0 fully saturated rings. The molecule has 2 aliphatic rings. The van der Waals surface area contributed by atoms with E-state index in [1.54, 1.807) is 28.8 Å². The predicted octanol–water partition coefficient (Wildman–Crippen LogP) is 2.00. The minimum atomic E-state index is -0.672. The van der Waals surface area contributed by atoms with Crippen molar-refractivity contribution in [2.45, 2.75) is 30.3 Å². The molecule has 4 aromatic rings. The van der Waals surface area contributed by atoms with Gasteiger partial charge < -0.3 is 19.6 Å². The molecule has 35 heavy (non-hydrogen) atoms. The van der Waals surface area contributed by atoms with E-state index >= 15 is 0 Å². The SMILES string of the molecule is O=C1CSc2ccc(-n3nc(CCCN[C@H]4Cn5c(=O)ccc6ccc(F)c4c65)oc3=O)nc2N1. The highest BCUT2D eigenvalue weighted by molar-refractivity contribution is 8.00. The number of rotatable bonds is 6. The molecule has 2 N–H and O–H groups in total. The Balaban J connectivity index is 1.13. The highest BCUT2D eigenvalue weighted by Gasteiger charge is 2.28.